The minimum atomic E-state index is -1.57. The first-order valence-corrected chi connectivity index (χ1v) is 5.69. The highest BCUT2D eigenvalue weighted by molar-refractivity contribution is 6.14. The summed E-state index contributed by atoms with van der Waals surface area (Å²) in [5, 5.41) is 4.82. The molecule has 102 valence electrons. The number of rotatable bonds is 3. The van der Waals surface area contributed by atoms with E-state index in [2.05, 4.69) is 5.10 Å². The SMILES string of the molecule is CC1=NN(c2cc(F)c(F)c(F)c2)C(=O)C1CCN. The van der Waals surface area contributed by atoms with Gasteiger partial charge in [-0.15, -0.1) is 0 Å². The third kappa shape index (κ3) is 2.33. The van der Waals surface area contributed by atoms with Gasteiger partial charge in [-0.3, -0.25) is 4.79 Å². The first-order valence-electron chi connectivity index (χ1n) is 5.69. The van der Waals surface area contributed by atoms with Gasteiger partial charge in [0.2, 0.25) is 0 Å². The molecule has 0 aromatic heterocycles. The van der Waals surface area contributed by atoms with Crippen LogP contribution in [0.3, 0.4) is 0 Å². The lowest BCUT2D eigenvalue weighted by Crippen LogP contribution is -2.28. The Bertz CT molecular complexity index is 536. The zero-order chi connectivity index (χ0) is 14.2. The third-order valence-electron chi connectivity index (χ3n) is 2.94. The average Bonchev–Trinajstić information content (AvgIpc) is 2.64. The number of anilines is 1. The van der Waals surface area contributed by atoms with E-state index < -0.39 is 29.3 Å². The summed E-state index contributed by atoms with van der Waals surface area (Å²) in [6.07, 6.45) is 0.400. The molecule has 19 heavy (non-hydrogen) atoms. The summed E-state index contributed by atoms with van der Waals surface area (Å²) in [6, 6.07) is 1.47. The Labute approximate surface area is 107 Å². The van der Waals surface area contributed by atoms with Crippen LogP contribution >= 0.6 is 0 Å². The molecule has 2 rings (SSSR count). The number of halogens is 3. The van der Waals surface area contributed by atoms with Gasteiger partial charge in [-0.1, -0.05) is 0 Å². The molecule has 0 saturated heterocycles. The van der Waals surface area contributed by atoms with Crippen LogP contribution in [0.1, 0.15) is 13.3 Å². The molecule has 1 aliphatic heterocycles. The molecule has 0 spiro atoms. The van der Waals surface area contributed by atoms with Crippen molar-refractivity contribution in [3.8, 4) is 0 Å². The van der Waals surface area contributed by atoms with Crippen LogP contribution < -0.4 is 10.7 Å². The molecular weight excluding hydrogens is 259 g/mol. The van der Waals surface area contributed by atoms with Crippen LogP contribution in [0.25, 0.3) is 0 Å². The van der Waals surface area contributed by atoms with E-state index in [1.54, 1.807) is 6.92 Å². The smallest absolute Gasteiger partial charge is 0.256 e. The zero-order valence-corrected chi connectivity index (χ0v) is 10.2. The Balaban J connectivity index is 2.36. The predicted octanol–water partition coefficient (Wildman–Crippen LogP) is 1.79. The summed E-state index contributed by atoms with van der Waals surface area (Å²) in [4.78, 5) is 12.0. The maximum absolute atomic E-state index is 13.1. The van der Waals surface area contributed by atoms with Gasteiger partial charge in [0.25, 0.3) is 5.91 Å². The Hall–Kier alpha value is -1.89. The molecule has 1 unspecified atom stereocenters. The van der Waals surface area contributed by atoms with Gasteiger partial charge >= 0.3 is 0 Å². The molecule has 1 atom stereocenters. The zero-order valence-electron chi connectivity index (χ0n) is 10.2. The number of carbonyl (C=O) groups is 1. The molecule has 0 aliphatic carbocycles. The molecule has 7 heteroatoms. The molecular formula is C12H12F3N3O. The summed E-state index contributed by atoms with van der Waals surface area (Å²) < 4.78 is 39.1. The number of benzene rings is 1. The van der Waals surface area contributed by atoms with E-state index in [-0.39, 0.29) is 5.69 Å². The number of hydrazone groups is 1. The van der Waals surface area contributed by atoms with E-state index in [1.165, 1.54) is 0 Å². The molecule has 0 saturated carbocycles. The number of carbonyl (C=O) groups excluding carboxylic acids is 1. The molecule has 0 bridgehead atoms. The normalized spacial score (nSPS) is 19.0. The number of nitrogens with zero attached hydrogens (tertiary/aromatic N) is 2. The number of hydrogen-bond acceptors (Lipinski definition) is 3. The van der Waals surface area contributed by atoms with E-state index in [0.717, 1.165) is 17.1 Å². The van der Waals surface area contributed by atoms with E-state index >= 15 is 0 Å². The van der Waals surface area contributed by atoms with Crippen molar-refractivity contribution < 1.29 is 18.0 Å². The largest absolute Gasteiger partial charge is 0.330 e. The Kier molecular flexibility index (Phi) is 3.57. The lowest BCUT2D eigenvalue weighted by atomic mass is 10.0. The lowest BCUT2D eigenvalue weighted by Gasteiger charge is -2.14. The fourth-order valence-corrected chi connectivity index (χ4v) is 1.95. The highest BCUT2D eigenvalue weighted by Crippen LogP contribution is 2.27. The molecule has 1 amide bonds. The molecule has 2 N–H and O–H groups in total. The highest BCUT2D eigenvalue weighted by atomic mass is 19.2. The number of amides is 1. The van der Waals surface area contributed by atoms with Crippen LogP contribution in [0.2, 0.25) is 0 Å². The van der Waals surface area contributed by atoms with Crippen molar-refractivity contribution in [3.05, 3.63) is 29.6 Å². The predicted molar refractivity (Wildman–Crippen MR) is 64.1 cm³/mol. The summed E-state index contributed by atoms with van der Waals surface area (Å²) in [5.41, 5.74) is 5.77. The third-order valence-corrected chi connectivity index (χ3v) is 2.94. The molecule has 1 aromatic rings. The Morgan fingerprint density at radius 3 is 2.42 bits per heavy atom. The van der Waals surface area contributed by atoms with Crippen LogP contribution in [0, 0.1) is 23.4 Å². The standard InChI is InChI=1S/C12H12F3N3O/c1-6-8(2-3-16)12(19)18(17-6)7-4-9(13)11(15)10(14)5-7/h4-5,8H,2-3,16H2,1H3. The second-order valence-electron chi connectivity index (χ2n) is 4.24. The van der Waals surface area contributed by atoms with Gasteiger partial charge in [0.15, 0.2) is 17.5 Å². The maximum Gasteiger partial charge on any atom is 0.256 e. The van der Waals surface area contributed by atoms with Crippen LogP contribution in [-0.2, 0) is 4.79 Å². The first kappa shape index (κ1) is 13.5. The second-order valence-corrected chi connectivity index (χ2v) is 4.24. The fraction of sp³-hybridized carbons (Fsp3) is 0.333. The van der Waals surface area contributed by atoms with Gasteiger partial charge in [0, 0.05) is 17.8 Å². The van der Waals surface area contributed by atoms with Gasteiger partial charge in [-0.25, -0.2) is 18.2 Å². The minimum Gasteiger partial charge on any atom is -0.330 e. The molecule has 1 heterocycles. The first-order chi connectivity index (χ1) is 8.95. The summed E-state index contributed by atoms with van der Waals surface area (Å²) in [7, 11) is 0. The van der Waals surface area contributed by atoms with Crippen molar-refractivity contribution in [3.63, 3.8) is 0 Å². The van der Waals surface area contributed by atoms with Crippen molar-refractivity contribution in [2.75, 3.05) is 11.6 Å². The number of nitrogens with two attached hydrogens (primary N) is 1. The monoisotopic (exact) mass is 271 g/mol. The molecule has 1 aliphatic rings. The maximum atomic E-state index is 13.1. The lowest BCUT2D eigenvalue weighted by molar-refractivity contribution is -0.119. The summed E-state index contributed by atoms with van der Waals surface area (Å²) >= 11 is 0. The summed E-state index contributed by atoms with van der Waals surface area (Å²) in [5.74, 6) is -5.22. The second kappa shape index (κ2) is 5.00. The van der Waals surface area contributed by atoms with E-state index in [9.17, 15) is 18.0 Å². The van der Waals surface area contributed by atoms with Crippen molar-refractivity contribution in [1.29, 1.82) is 0 Å². The fourth-order valence-electron chi connectivity index (χ4n) is 1.95. The van der Waals surface area contributed by atoms with E-state index in [1.807, 2.05) is 0 Å². The Morgan fingerprint density at radius 2 is 1.89 bits per heavy atom. The van der Waals surface area contributed by atoms with Gasteiger partial charge in [-0.2, -0.15) is 5.10 Å². The van der Waals surface area contributed by atoms with Gasteiger partial charge in [0.05, 0.1) is 11.6 Å². The topological polar surface area (TPSA) is 58.7 Å². The van der Waals surface area contributed by atoms with Gasteiger partial charge < -0.3 is 5.73 Å². The van der Waals surface area contributed by atoms with Gasteiger partial charge in [0.1, 0.15) is 0 Å². The molecule has 0 fully saturated rings. The van der Waals surface area contributed by atoms with Crippen LogP contribution in [-0.4, -0.2) is 18.2 Å². The van der Waals surface area contributed by atoms with E-state index in [4.69, 9.17) is 5.73 Å². The van der Waals surface area contributed by atoms with Crippen molar-refractivity contribution in [2.24, 2.45) is 16.8 Å². The van der Waals surface area contributed by atoms with Crippen LogP contribution in [0.5, 0.6) is 0 Å². The average molecular weight is 271 g/mol. The van der Waals surface area contributed by atoms with Crippen LogP contribution in [0.4, 0.5) is 18.9 Å². The quantitative estimate of drug-likeness (QED) is 0.852. The highest BCUT2D eigenvalue weighted by Gasteiger charge is 2.34. The van der Waals surface area contributed by atoms with Crippen molar-refractivity contribution in [1.82, 2.24) is 0 Å². The molecule has 1 aromatic carbocycles. The number of hydrogen-bond donors (Lipinski definition) is 1. The van der Waals surface area contributed by atoms with Crippen molar-refractivity contribution >= 4 is 17.3 Å². The molecule has 4 nitrogen and oxygen atoms in total. The van der Waals surface area contributed by atoms with E-state index in [0.29, 0.717) is 18.7 Å². The Morgan fingerprint density at radius 1 is 1.32 bits per heavy atom. The van der Waals surface area contributed by atoms with Crippen LogP contribution in [0.15, 0.2) is 17.2 Å². The minimum absolute atomic E-state index is 0.139. The summed E-state index contributed by atoms with van der Waals surface area (Å²) in [6.45, 7) is 1.93. The van der Waals surface area contributed by atoms with Gasteiger partial charge in [-0.05, 0) is 19.9 Å². The van der Waals surface area contributed by atoms with Crippen molar-refractivity contribution in [2.45, 2.75) is 13.3 Å². The molecule has 0 radical (unpaired) electrons.